The number of halogens is 1. The molecule has 9 heteroatoms. The van der Waals surface area contributed by atoms with Gasteiger partial charge < -0.3 is 25.1 Å². The van der Waals surface area contributed by atoms with E-state index in [-0.39, 0.29) is 18.2 Å². The average Bonchev–Trinajstić information content (AvgIpc) is 3.35. The highest BCUT2D eigenvalue weighted by Gasteiger charge is 2.54. The number of nitrogens with one attached hydrogen (secondary N) is 1. The number of aryl methyl sites for hydroxylation is 1. The van der Waals surface area contributed by atoms with E-state index < -0.39 is 5.79 Å². The first kappa shape index (κ1) is 23.4. The normalized spacial score (nSPS) is 26.7. The maximum absolute atomic E-state index is 6.46. The fourth-order valence-electron chi connectivity index (χ4n) is 6.09. The fraction of sp³-hybridized carbons (Fsp3) is 0.464. The van der Waals surface area contributed by atoms with Crippen LogP contribution < -0.4 is 11.1 Å². The van der Waals surface area contributed by atoms with Crippen LogP contribution in [0.2, 0.25) is 0 Å². The Kier molecular flexibility index (Phi) is 5.46. The molecule has 2 aliphatic carbocycles. The Morgan fingerprint density at radius 3 is 2.81 bits per heavy atom. The molecule has 0 bridgehead atoms. The molecule has 7 rings (SSSR count). The first-order chi connectivity index (χ1) is 17.8. The second-order valence-corrected chi connectivity index (χ2v) is 12.0. The Morgan fingerprint density at radius 2 is 1.97 bits per heavy atom. The average molecular weight is 564 g/mol. The van der Waals surface area contributed by atoms with E-state index in [0.29, 0.717) is 17.8 Å². The number of hydrogen-bond acceptors (Lipinski definition) is 7. The molecule has 1 saturated heterocycles. The number of pyridine rings is 1. The number of rotatable bonds is 6. The molecule has 4 heterocycles. The quantitative estimate of drug-likeness (QED) is 0.315. The third kappa shape index (κ3) is 4.27. The number of benzene rings is 1. The highest BCUT2D eigenvalue weighted by atomic mass is 79.9. The molecule has 3 aromatic heterocycles. The molecule has 37 heavy (non-hydrogen) atoms. The summed E-state index contributed by atoms with van der Waals surface area (Å²) in [4.78, 5) is 13.6. The minimum absolute atomic E-state index is 0.0292. The number of nitrogen functional groups attached to an aromatic ring is 1. The van der Waals surface area contributed by atoms with E-state index in [1.807, 2.05) is 19.9 Å². The third-order valence-electron chi connectivity index (χ3n) is 8.01. The zero-order valence-corrected chi connectivity index (χ0v) is 22.6. The Labute approximate surface area is 224 Å². The highest BCUT2D eigenvalue weighted by Crippen LogP contribution is 2.49. The molecular formula is C28H31BrN6O2. The fourth-order valence-corrected chi connectivity index (χ4v) is 6.54. The van der Waals surface area contributed by atoms with Crippen LogP contribution in [0.15, 0.2) is 47.3 Å². The maximum atomic E-state index is 6.46. The van der Waals surface area contributed by atoms with Crippen LogP contribution in [0.3, 0.4) is 0 Å². The van der Waals surface area contributed by atoms with Gasteiger partial charge in [-0.15, -0.1) is 0 Å². The minimum Gasteiger partial charge on any atom is -0.383 e. The molecular weight excluding hydrogens is 532 g/mol. The smallest absolute Gasteiger partial charge is 0.163 e. The third-order valence-corrected chi connectivity index (χ3v) is 8.61. The SMILES string of the molecule is CC1(C)O[C@@H]2[C@@H](CCc3ccc4cc(Br)c(NC5CC5)nc4c3)C[C@@H](n3ccc4c(N)ncnc43)[C@@H]2O1. The predicted molar refractivity (Wildman–Crippen MR) is 147 cm³/mol. The van der Waals surface area contributed by atoms with Crippen LogP contribution in [0.1, 0.15) is 51.1 Å². The van der Waals surface area contributed by atoms with E-state index in [2.05, 4.69) is 66.2 Å². The Bertz CT molecular complexity index is 1500. The molecule has 0 amide bonds. The van der Waals surface area contributed by atoms with Gasteiger partial charge in [-0.1, -0.05) is 12.1 Å². The van der Waals surface area contributed by atoms with Crippen LogP contribution in [0.5, 0.6) is 0 Å². The molecule has 3 aliphatic rings. The molecule has 2 saturated carbocycles. The van der Waals surface area contributed by atoms with Crippen LogP contribution in [-0.4, -0.2) is 43.6 Å². The van der Waals surface area contributed by atoms with Gasteiger partial charge in [-0.2, -0.15) is 0 Å². The number of fused-ring (bicyclic) bond motifs is 3. The van der Waals surface area contributed by atoms with Crippen LogP contribution in [-0.2, 0) is 15.9 Å². The summed E-state index contributed by atoms with van der Waals surface area (Å²) in [5.41, 5.74) is 9.29. The second-order valence-electron chi connectivity index (χ2n) is 11.2. The van der Waals surface area contributed by atoms with E-state index in [1.165, 1.54) is 24.7 Å². The summed E-state index contributed by atoms with van der Waals surface area (Å²) in [6, 6.07) is 11.5. The Hall–Kier alpha value is -2.75. The largest absolute Gasteiger partial charge is 0.383 e. The molecule has 1 aromatic carbocycles. The Morgan fingerprint density at radius 1 is 1.14 bits per heavy atom. The number of anilines is 2. The van der Waals surface area contributed by atoms with Crippen molar-refractivity contribution in [2.45, 2.75) is 76.0 Å². The standard InChI is InChI=1S/C28H31BrN6O2/c1-28(2)36-23-17(13-22(24(23)37-28)35-10-9-19-25(30)31-14-32-27(19)35)6-4-15-3-5-16-12-20(29)26(33-18-7-8-18)34-21(16)11-15/h3,5,9-12,14,17-18,22-24H,4,6-8,13H2,1-2H3,(H,33,34)(H2,30,31,32)/t17-,22+,23+,24-/m0/s1. The van der Waals surface area contributed by atoms with Crippen molar-refractivity contribution >= 4 is 49.5 Å². The number of ether oxygens (including phenoxy) is 2. The van der Waals surface area contributed by atoms with Crippen molar-refractivity contribution in [1.82, 2.24) is 19.5 Å². The van der Waals surface area contributed by atoms with Crippen molar-refractivity contribution in [1.29, 1.82) is 0 Å². The van der Waals surface area contributed by atoms with Crippen molar-refractivity contribution in [3.8, 4) is 0 Å². The molecule has 4 atom stereocenters. The van der Waals surface area contributed by atoms with E-state index in [4.69, 9.17) is 20.2 Å². The van der Waals surface area contributed by atoms with E-state index in [9.17, 15) is 0 Å². The van der Waals surface area contributed by atoms with Crippen LogP contribution in [0, 0.1) is 5.92 Å². The van der Waals surface area contributed by atoms with Gasteiger partial charge in [-0.3, -0.25) is 0 Å². The summed E-state index contributed by atoms with van der Waals surface area (Å²) in [6.07, 6.45) is 9.00. The summed E-state index contributed by atoms with van der Waals surface area (Å²) in [7, 11) is 0. The summed E-state index contributed by atoms with van der Waals surface area (Å²) in [6.45, 7) is 4.02. The molecule has 3 fully saturated rings. The zero-order chi connectivity index (χ0) is 25.3. The van der Waals surface area contributed by atoms with E-state index in [0.717, 1.165) is 51.5 Å². The summed E-state index contributed by atoms with van der Waals surface area (Å²) in [5, 5.41) is 5.56. The lowest BCUT2D eigenvalue weighted by molar-refractivity contribution is -0.160. The van der Waals surface area contributed by atoms with Gasteiger partial charge in [0.15, 0.2) is 5.79 Å². The number of aromatic nitrogens is 4. The number of nitrogens with zero attached hydrogens (tertiary/aromatic N) is 4. The first-order valence-electron chi connectivity index (χ1n) is 13.1. The molecule has 4 aromatic rings. The van der Waals surface area contributed by atoms with Crippen LogP contribution in [0.4, 0.5) is 11.6 Å². The van der Waals surface area contributed by atoms with Crippen molar-refractivity contribution in [3.63, 3.8) is 0 Å². The van der Waals surface area contributed by atoms with Crippen LogP contribution in [0.25, 0.3) is 21.9 Å². The topological polar surface area (TPSA) is 100 Å². The highest BCUT2D eigenvalue weighted by molar-refractivity contribution is 9.10. The number of hydrogen-bond donors (Lipinski definition) is 2. The van der Waals surface area contributed by atoms with Crippen molar-refractivity contribution in [2.24, 2.45) is 5.92 Å². The van der Waals surface area contributed by atoms with Gasteiger partial charge >= 0.3 is 0 Å². The van der Waals surface area contributed by atoms with Gasteiger partial charge in [0.2, 0.25) is 0 Å². The lowest BCUT2D eigenvalue weighted by atomic mass is 9.95. The molecule has 0 spiro atoms. The summed E-state index contributed by atoms with van der Waals surface area (Å²) in [5.74, 6) is 1.21. The lowest BCUT2D eigenvalue weighted by Gasteiger charge is -2.24. The van der Waals surface area contributed by atoms with E-state index >= 15 is 0 Å². The van der Waals surface area contributed by atoms with Crippen molar-refractivity contribution in [2.75, 3.05) is 11.1 Å². The van der Waals surface area contributed by atoms with Gasteiger partial charge in [0.05, 0.1) is 27.5 Å². The maximum Gasteiger partial charge on any atom is 0.163 e. The second kappa shape index (κ2) is 8.64. The van der Waals surface area contributed by atoms with Crippen LogP contribution >= 0.6 is 15.9 Å². The molecule has 1 aliphatic heterocycles. The van der Waals surface area contributed by atoms with Gasteiger partial charge in [-0.25, -0.2) is 15.0 Å². The van der Waals surface area contributed by atoms with Gasteiger partial charge in [0.1, 0.15) is 29.7 Å². The first-order valence-corrected chi connectivity index (χ1v) is 13.9. The Balaban J connectivity index is 1.13. The van der Waals surface area contributed by atoms with Crippen molar-refractivity contribution < 1.29 is 9.47 Å². The molecule has 8 nitrogen and oxygen atoms in total. The molecule has 0 radical (unpaired) electrons. The summed E-state index contributed by atoms with van der Waals surface area (Å²) < 4.78 is 16.1. The monoisotopic (exact) mass is 562 g/mol. The number of nitrogens with two attached hydrogens (primary N) is 1. The molecule has 0 unspecified atom stereocenters. The summed E-state index contributed by atoms with van der Waals surface area (Å²) >= 11 is 3.68. The molecule has 192 valence electrons. The molecule has 3 N–H and O–H groups in total. The van der Waals surface area contributed by atoms with Gasteiger partial charge in [0.25, 0.3) is 0 Å². The predicted octanol–water partition coefficient (Wildman–Crippen LogP) is 5.61. The van der Waals surface area contributed by atoms with E-state index in [1.54, 1.807) is 0 Å². The zero-order valence-electron chi connectivity index (χ0n) is 21.0. The van der Waals surface area contributed by atoms with Gasteiger partial charge in [0, 0.05) is 17.6 Å². The van der Waals surface area contributed by atoms with Gasteiger partial charge in [-0.05, 0) is 91.6 Å². The minimum atomic E-state index is -0.603. The lowest BCUT2D eigenvalue weighted by Crippen LogP contribution is -2.27. The van der Waals surface area contributed by atoms with Crippen molar-refractivity contribution in [3.05, 3.63) is 52.9 Å².